The molecule has 0 saturated carbocycles. The first-order valence-electron chi connectivity index (χ1n) is 3.15. The highest BCUT2D eigenvalue weighted by Gasteiger charge is 2.05. The standard InChI is InChI=1S/C7H6I2N2O/c8-5-1-4(3-11-10)7(12)6(9)2-5/h1-2,10,12H,3H2. The number of phenolic OH excluding ortho intramolecular Hbond substituents is 1. The largest absolute Gasteiger partial charge is 0.506 e. The summed E-state index contributed by atoms with van der Waals surface area (Å²) in [4.78, 5) is 0. The second-order valence-corrected chi connectivity index (χ2v) is 4.62. The molecule has 1 rings (SSSR count). The predicted octanol–water partition coefficient (Wildman–Crippen LogP) is 3.13. The van der Waals surface area contributed by atoms with E-state index in [0.717, 1.165) is 7.14 Å². The average molecular weight is 388 g/mol. The Bertz CT molecular complexity index is 315. The normalized spacial score (nSPS) is 9.83. The van der Waals surface area contributed by atoms with Gasteiger partial charge in [0.15, 0.2) is 0 Å². The van der Waals surface area contributed by atoms with Crippen LogP contribution in [0.25, 0.3) is 0 Å². The highest BCUT2D eigenvalue weighted by atomic mass is 127. The van der Waals surface area contributed by atoms with Gasteiger partial charge in [-0.05, 0) is 57.3 Å². The van der Waals surface area contributed by atoms with E-state index in [4.69, 9.17) is 5.53 Å². The third-order valence-electron chi connectivity index (χ3n) is 1.36. The van der Waals surface area contributed by atoms with E-state index in [1.54, 1.807) is 0 Å². The number of nitrogens with one attached hydrogen (secondary N) is 1. The maximum absolute atomic E-state index is 9.50. The number of phenols is 1. The van der Waals surface area contributed by atoms with Crippen LogP contribution in [0.15, 0.2) is 17.2 Å². The molecule has 0 aromatic heterocycles. The molecule has 0 fully saturated rings. The van der Waals surface area contributed by atoms with Gasteiger partial charge in [-0.3, -0.25) is 0 Å². The van der Waals surface area contributed by atoms with Crippen molar-refractivity contribution >= 4 is 45.2 Å². The van der Waals surface area contributed by atoms with Crippen LogP contribution in [0, 0.1) is 12.7 Å². The Hall–Kier alpha value is 0.0800. The molecular weight excluding hydrogens is 382 g/mol. The van der Waals surface area contributed by atoms with Gasteiger partial charge < -0.3 is 5.11 Å². The summed E-state index contributed by atoms with van der Waals surface area (Å²) in [6.07, 6.45) is 0. The highest BCUT2D eigenvalue weighted by Crippen LogP contribution is 2.27. The number of nitrogens with zero attached hydrogens (tertiary/aromatic N) is 1. The first kappa shape index (κ1) is 10.2. The fraction of sp³-hybridized carbons (Fsp3) is 0.143. The zero-order valence-corrected chi connectivity index (χ0v) is 10.3. The van der Waals surface area contributed by atoms with Gasteiger partial charge in [0.2, 0.25) is 0 Å². The van der Waals surface area contributed by atoms with Crippen molar-refractivity contribution in [2.75, 3.05) is 0 Å². The summed E-state index contributed by atoms with van der Waals surface area (Å²) < 4.78 is 1.85. The zero-order chi connectivity index (χ0) is 9.14. The van der Waals surface area contributed by atoms with E-state index in [9.17, 15) is 5.11 Å². The molecule has 0 spiro atoms. The van der Waals surface area contributed by atoms with Crippen molar-refractivity contribution in [2.45, 2.75) is 6.54 Å². The second kappa shape index (κ2) is 4.35. The molecule has 0 radical (unpaired) electrons. The molecular formula is C7H6I2N2O. The van der Waals surface area contributed by atoms with Crippen LogP contribution in [-0.2, 0) is 6.54 Å². The Balaban J connectivity index is 3.17. The lowest BCUT2D eigenvalue weighted by Gasteiger charge is -2.03. The van der Waals surface area contributed by atoms with E-state index < -0.39 is 0 Å². The van der Waals surface area contributed by atoms with Crippen LogP contribution in [0.1, 0.15) is 5.56 Å². The van der Waals surface area contributed by atoms with Crippen molar-refractivity contribution in [3.63, 3.8) is 0 Å². The Morgan fingerprint density at radius 2 is 2.08 bits per heavy atom. The summed E-state index contributed by atoms with van der Waals surface area (Å²) in [5.74, 6) is 0.243. The average Bonchev–Trinajstić information content (AvgIpc) is 2.00. The molecule has 64 valence electrons. The lowest BCUT2D eigenvalue weighted by Crippen LogP contribution is -1.87. The molecule has 3 nitrogen and oxygen atoms in total. The van der Waals surface area contributed by atoms with Crippen LogP contribution in [0.3, 0.4) is 0 Å². The van der Waals surface area contributed by atoms with Gasteiger partial charge in [0, 0.05) is 9.13 Å². The van der Waals surface area contributed by atoms with E-state index >= 15 is 0 Å². The minimum Gasteiger partial charge on any atom is -0.506 e. The SMILES string of the molecule is N=NCc1cc(I)cc(I)c1O. The summed E-state index contributed by atoms with van der Waals surface area (Å²) in [7, 11) is 0. The van der Waals surface area contributed by atoms with Crippen molar-refractivity contribution in [1.29, 1.82) is 5.53 Å². The molecule has 0 unspecified atom stereocenters. The van der Waals surface area contributed by atoms with Gasteiger partial charge in [-0.2, -0.15) is 5.11 Å². The summed E-state index contributed by atoms with van der Waals surface area (Å²) >= 11 is 4.23. The summed E-state index contributed by atoms with van der Waals surface area (Å²) in [5.41, 5.74) is 7.40. The van der Waals surface area contributed by atoms with Gasteiger partial charge in [-0.25, -0.2) is 5.53 Å². The molecule has 0 aliphatic rings. The third kappa shape index (κ3) is 2.28. The van der Waals surface area contributed by atoms with Gasteiger partial charge >= 0.3 is 0 Å². The second-order valence-electron chi connectivity index (χ2n) is 2.21. The fourth-order valence-corrected chi connectivity index (χ4v) is 2.79. The van der Waals surface area contributed by atoms with E-state index in [0.29, 0.717) is 5.56 Å². The fourth-order valence-electron chi connectivity index (χ4n) is 0.825. The Morgan fingerprint density at radius 3 is 2.67 bits per heavy atom. The smallest absolute Gasteiger partial charge is 0.134 e. The minimum atomic E-state index is 0.243. The summed E-state index contributed by atoms with van der Waals surface area (Å²) in [5, 5.41) is 12.7. The number of halogens is 2. The van der Waals surface area contributed by atoms with Gasteiger partial charge in [0.25, 0.3) is 0 Å². The molecule has 5 heteroatoms. The third-order valence-corrected chi connectivity index (χ3v) is 2.80. The zero-order valence-electron chi connectivity index (χ0n) is 6.01. The molecule has 0 heterocycles. The molecule has 0 saturated heterocycles. The van der Waals surface area contributed by atoms with Crippen molar-refractivity contribution in [2.24, 2.45) is 5.11 Å². The minimum absolute atomic E-state index is 0.243. The predicted molar refractivity (Wildman–Crippen MR) is 62.4 cm³/mol. The lowest BCUT2D eigenvalue weighted by molar-refractivity contribution is 0.463. The molecule has 1 aromatic rings. The summed E-state index contributed by atoms with van der Waals surface area (Å²) in [6.45, 7) is 0.249. The maximum Gasteiger partial charge on any atom is 0.134 e. The van der Waals surface area contributed by atoms with Crippen LogP contribution >= 0.6 is 45.2 Å². The topological polar surface area (TPSA) is 56.4 Å². The van der Waals surface area contributed by atoms with Crippen molar-refractivity contribution in [3.8, 4) is 5.75 Å². The molecule has 0 atom stereocenters. The number of aromatic hydroxyl groups is 1. The molecule has 2 N–H and O–H groups in total. The quantitative estimate of drug-likeness (QED) is 0.594. The van der Waals surface area contributed by atoms with Crippen molar-refractivity contribution < 1.29 is 5.11 Å². The Kier molecular flexibility index (Phi) is 3.69. The van der Waals surface area contributed by atoms with Crippen LogP contribution < -0.4 is 0 Å². The van der Waals surface area contributed by atoms with Gasteiger partial charge in [-0.1, -0.05) is 0 Å². The van der Waals surface area contributed by atoms with E-state index in [-0.39, 0.29) is 12.3 Å². The van der Waals surface area contributed by atoms with Crippen LogP contribution in [0.5, 0.6) is 5.75 Å². The monoisotopic (exact) mass is 388 g/mol. The molecule has 0 amide bonds. The molecule has 0 aliphatic heterocycles. The number of rotatable bonds is 2. The van der Waals surface area contributed by atoms with Crippen molar-refractivity contribution in [3.05, 3.63) is 24.8 Å². The van der Waals surface area contributed by atoms with Gasteiger partial charge in [0.1, 0.15) is 5.75 Å². The first-order chi connectivity index (χ1) is 5.65. The lowest BCUT2D eigenvalue weighted by atomic mass is 10.2. The van der Waals surface area contributed by atoms with E-state index in [2.05, 4.69) is 50.3 Å². The number of hydrogen-bond acceptors (Lipinski definition) is 3. The van der Waals surface area contributed by atoms with Crippen LogP contribution in [0.4, 0.5) is 0 Å². The van der Waals surface area contributed by atoms with Crippen molar-refractivity contribution in [1.82, 2.24) is 0 Å². The molecule has 12 heavy (non-hydrogen) atoms. The van der Waals surface area contributed by atoms with Gasteiger partial charge in [0.05, 0.1) is 10.1 Å². The number of hydrogen-bond donors (Lipinski definition) is 2. The van der Waals surface area contributed by atoms with Crippen LogP contribution in [0.2, 0.25) is 0 Å². The summed E-state index contributed by atoms with van der Waals surface area (Å²) in [6, 6.07) is 3.71. The highest BCUT2D eigenvalue weighted by molar-refractivity contribution is 14.1. The first-order valence-corrected chi connectivity index (χ1v) is 5.31. The maximum atomic E-state index is 9.50. The van der Waals surface area contributed by atoms with Crippen LogP contribution in [-0.4, -0.2) is 5.11 Å². The molecule has 1 aromatic carbocycles. The van der Waals surface area contributed by atoms with Gasteiger partial charge in [-0.15, -0.1) is 0 Å². The Labute approximate surface area is 97.4 Å². The Morgan fingerprint density at radius 1 is 1.42 bits per heavy atom. The number of benzene rings is 1. The molecule has 0 bridgehead atoms. The van der Waals surface area contributed by atoms with E-state index in [1.807, 2.05) is 12.1 Å². The molecule has 0 aliphatic carbocycles. The van der Waals surface area contributed by atoms with E-state index in [1.165, 1.54) is 0 Å².